The average Bonchev–Trinajstić information content (AvgIpc) is 2.47. The minimum atomic E-state index is 0.282. The van der Waals surface area contributed by atoms with Crippen molar-refractivity contribution in [3.63, 3.8) is 0 Å². The van der Waals surface area contributed by atoms with E-state index in [-0.39, 0.29) is 5.41 Å². The summed E-state index contributed by atoms with van der Waals surface area (Å²) in [5.41, 5.74) is 1.46. The molecule has 80 valence electrons. The fourth-order valence-electron chi connectivity index (χ4n) is 1.57. The molecule has 14 heavy (non-hydrogen) atoms. The van der Waals surface area contributed by atoms with Gasteiger partial charge in [-0.2, -0.15) is 5.10 Å². The van der Waals surface area contributed by atoms with E-state index in [0.29, 0.717) is 0 Å². The zero-order valence-corrected chi connectivity index (χ0v) is 9.67. The molecule has 3 nitrogen and oxygen atoms in total. The van der Waals surface area contributed by atoms with Crippen molar-refractivity contribution in [3.05, 3.63) is 18.0 Å². The number of hydrogen-bond donors (Lipinski definition) is 1. The molecule has 0 saturated heterocycles. The molecule has 3 heteroatoms. The van der Waals surface area contributed by atoms with Crippen LogP contribution in [0.4, 0.5) is 0 Å². The second kappa shape index (κ2) is 4.60. The van der Waals surface area contributed by atoms with Gasteiger partial charge in [0.15, 0.2) is 0 Å². The van der Waals surface area contributed by atoms with Gasteiger partial charge in [0.25, 0.3) is 0 Å². The van der Waals surface area contributed by atoms with Crippen molar-refractivity contribution < 1.29 is 0 Å². The fraction of sp³-hybridized carbons (Fsp3) is 0.727. The van der Waals surface area contributed by atoms with Crippen LogP contribution in [0.1, 0.15) is 26.5 Å². The molecular weight excluding hydrogens is 174 g/mol. The van der Waals surface area contributed by atoms with Crippen molar-refractivity contribution in [2.45, 2.75) is 27.2 Å². The molecule has 0 bridgehead atoms. The molecule has 0 unspecified atom stereocenters. The first-order valence-electron chi connectivity index (χ1n) is 5.23. The molecule has 1 aromatic heterocycles. The quantitative estimate of drug-likeness (QED) is 0.773. The molecule has 0 spiro atoms. The first-order valence-corrected chi connectivity index (χ1v) is 5.23. The third-order valence-electron chi connectivity index (χ3n) is 2.28. The van der Waals surface area contributed by atoms with Gasteiger partial charge in [0.05, 0.1) is 5.69 Å². The van der Waals surface area contributed by atoms with Crippen LogP contribution in [-0.4, -0.2) is 22.9 Å². The first kappa shape index (κ1) is 11.2. The lowest BCUT2D eigenvalue weighted by Crippen LogP contribution is -2.31. The molecule has 0 fully saturated rings. The van der Waals surface area contributed by atoms with Gasteiger partial charge in [0.2, 0.25) is 0 Å². The summed E-state index contributed by atoms with van der Waals surface area (Å²) in [5, 5.41) is 7.77. The van der Waals surface area contributed by atoms with E-state index in [1.807, 2.05) is 17.9 Å². The Morgan fingerprint density at radius 3 is 2.71 bits per heavy atom. The van der Waals surface area contributed by atoms with Gasteiger partial charge in [-0.1, -0.05) is 20.8 Å². The van der Waals surface area contributed by atoms with E-state index < -0.39 is 0 Å². The van der Waals surface area contributed by atoms with Crippen molar-refractivity contribution in [1.29, 1.82) is 0 Å². The molecule has 1 aromatic rings. The van der Waals surface area contributed by atoms with Gasteiger partial charge in [0.1, 0.15) is 0 Å². The van der Waals surface area contributed by atoms with Crippen LogP contribution in [0.3, 0.4) is 0 Å². The molecular formula is C11H21N3. The molecule has 0 aromatic carbocycles. The zero-order chi connectivity index (χ0) is 10.6. The standard InChI is InChI=1S/C11H21N3/c1-5-12-9-11(2,3)8-10-6-7-14(4)13-10/h6-7,12H,5,8-9H2,1-4H3. The van der Waals surface area contributed by atoms with Gasteiger partial charge in [-0.15, -0.1) is 0 Å². The second-order valence-electron chi connectivity index (χ2n) is 4.60. The monoisotopic (exact) mass is 195 g/mol. The Kier molecular flexibility index (Phi) is 3.69. The van der Waals surface area contributed by atoms with E-state index in [9.17, 15) is 0 Å². The first-order chi connectivity index (χ1) is 6.53. The van der Waals surface area contributed by atoms with Crippen LogP contribution in [0.2, 0.25) is 0 Å². The largest absolute Gasteiger partial charge is 0.316 e. The molecule has 1 N–H and O–H groups in total. The van der Waals surface area contributed by atoms with Crippen LogP contribution in [0.15, 0.2) is 12.3 Å². The third-order valence-corrected chi connectivity index (χ3v) is 2.28. The Labute approximate surface area is 86.5 Å². The van der Waals surface area contributed by atoms with Crippen molar-refractivity contribution in [3.8, 4) is 0 Å². The maximum atomic E-state index is 4.39. The normalized spacial score (nSPS) is 12.0. The third kappa shape index (κ3) is 3.50. The summed E-state index contributed by atoms with van der Waals surface area (Å²) < 4.78 is 1.86. The van der Waals surface area contributed by atoms with Gasteiger partial charge in [0, 0.05) is 19.8 Å². The predicted molar refractivity (Wildman–Crippen MR) is 59.2 cm³/mol. The Morgan fingerprint density at radius 1 is 1.50 bits per heavy atom. The fourth-order valence-corrected chi connectivity index (χ4v) is 1.57. The maximum Gasteiger partial charge on any atom is 0.0630 e. The number of rotatable bonds is 5. The Morgan fingerprint density at radius 2 is 2.21 bits per heavy atom. The molecule has 1 rings (SSSR count). The molecule has 0 aliphatic rings. The van der Waals surface area contributed by atoms with Gasteiger partial charge in [-0.05, 0) is 24.4 Å². The van der Waals surface area contributed by atoms with Crippen molar-refractivity contribution in [1.82, 2.24) is 15.1 Å². The van der Waals surface area contributed by atoms with Crippen molar-refractivity contribution >= 4 is 0 Å². The van der Waals surface area contributed by atoms with Crippen LogP contribution in [0.5, 0.6) is 0 Å². The van der Waals surface area contributed by atoms with E-state index in [1.165, 1.54) is 5.69 Å². The van der Waals surface area contributed by atoms with Crippen molar-refractivity contribution in [2.75, 3.05) is 13.1 Å². The minimum Gasteiger partial charge on any atom is -0.316 e. The molecule has 0 atom stereocenters. The topological polar surface area (TPSA) is 29.9 Å². The van der Waals surface area contributed by atoms with Gasteiger partial charge in [-0.3, -0.25) is 4.68 Å². The van der Waals surface area contributed by atoms with Crippen LogP contribution in [0, 0.1) is 5.41 Å². The van der Waals surface area contributed by atoms with E-state index >= 15 is 0 Å². The summed E-state index contributed by atoms with van der Waals surface area (Å²) in [5.74, 6) is 0. The minimum absolute atomic E-state index is 0.282. The predicted octanol–water partition coefficient (Wildman–Crippen LogP) is 1.60. The summed E-state index contributed by atoms with van der Waals surface area (Å²) in [7, 11) is 1.96. The molecule has 0 aliphatic heterocycles. The lowest BCUT2D eigenvalue weighted by atomic mass is 9.88. The Bertz CT molecular complexity index is 276. The molecule has 0 saturated carbocycles. The lowest BCUT2D eigenvalue weighted by molar-refractivity contribution is 0.337. The highest BCUT2D eigenvalue weighted by Gasteiger charge is 2.18. The van der Waals surface area contributed by atoms with Crippen LogP contribution in [0.25, 0.3) is 0 Å². The summed E-state index contributed by atoms with van der Waals surface area (Å²) >= 11 is 0. The van der Waals surface area contributed by atoms with E-state index in [2.05, 4.69) is 37.3 Å². The number of nitrogens with zero attached hydrogens (tertiary/aromatic N) is 2. The SMILES string of the molecule is CCNCC(C)(C)Cc1ccn(C)n1. The number of hydrogen-bond acceptors (Lipinski definition) is 2. The summed E-state index contributed by atoms with van der Waals surface area (Å²) in [4.78, 5) is 0. The van der Waals surface area contributed by atoms with Crippen molar-refractivity contribution in [2.24, 2.45) is 12.5 Å². The Hall–Kier alpha value is -0.830. The van der Waals surface area contributed by atoms with E-state index in [0.717, 1.165) is 19.5 Å². The average molecular weight is 195 g/mol. The number of aryl methyl sites for hydroxylation is 1. The smallest absolute Gasteiger partial charge is 0.0630 e. The van der Waals surface area contributed by atoms with Gasteiger partial charge in [-0.25, -0.2) is 0 Å². The second-order valence-corrected chi connectivity index (χ2v) is 4.60. The van der Waals surface area contributed by atoms with E-state index in [4.69, 9.17) is 0 Å². The molecule has 1 heterocycles. The highest BCUT2D eigenvalue weighted by atomic mass is 15.2. The van der Waals surface area contributed by atoms with Crippen LogP contribution in [-0.2, 0) is 13.5 Å². The highest BCUT2D eigenvalue weighted by Crippen LogP contribution is 2.19. The lowest BCUT2D eigenvalue weighted by Gasteiger charge is -2.23. The van der Waals surface area contributed by atoms with Crippen LogP contribution >= 0.6 is 0 Å². The van der Waals surface area contributed by atoms with Gasteiger partial charge >= 0.3 is 0 Å². The molecule has 0 aliphatic carbocycles. The highest BCUT2D eigenvalue weighted by molar-refractivity contribution is 5.02. The summed E-state index contributed by atoms with van der Waals surface area (Å²) in [6, 6.07) is 2.09. The molecule has 0 amide bonds. The molecule has 0 radical (unpaired) electrons. The maximum absolute atomic E-state index is 4.39. The zero-order valence-electron chi connectivity index (χ0n) is 9.67. The number of nitrogens with one attached hydrogen (secondary N) is 1. The Balaban J connectivity index is 2.49. The number of aromatic nitrogens is 2. The van der Waals surface area contributed by atoms with E-state index in [1.54, 1.807) is 0 Å². The van der Waals surface area contributed by atoms with Gasteiger partial charge < -0.3 is 5.32 Å². The van der Waals surface area contributed by atoms with Crippen LogP contribution < -0.4 is 5.32 Å². The summed E-state index contributed by atoms with van der Waals surface area (Å²) in [6.07, 6.45) is 3.03. The summed E-state index contributed by atoms with van der Waals surface area (Å²) in [6.45, 7) is 8.75.